The van der Waals surface area contributed by atoms with Crippen molar-refractivity contribution < 1.29 is 4.79 Å². The maximum Gasteiger partial charge on any atom is 0.225 e. The number of fused-ring (bicyclic) bond motifs is 1. The zero-order chi connectivity index (χ0) is 19.8. The van der Waals surface area contributed by atoms with Crippen molar-refractivity contribution in [1.82, 2.24) is 29.9 Å². The van der Waals surface area contributed by atoms with Crippen LogP contribution in [-0.4, -0.2) is 61.9 Å². The third-order valence-corrected chi connectivity index (χ3v) is 6.09. The summed E-state index contributed by atoms with van der Waals surface area (Å²) < 4.78 is 1.75. The molecule has 0 unspecified atom stereocenters. The van der Waals surface area contributed by atoms with Crippen LogP contribution in [0.1, 0.15) is 31.2 Å². The smallest absolute Gasteiger partial charge is 0.225 e. The van der Waals surface area contributed by atoms with Gasteiger partial charge in [0.2, 0.25) is 5.91 Å². The maximum absolute atomic E-state index is 12.7. The van der Waals surface area contributed by atoms with Crippen molar-refractivity contribution in [2.24, 2.45) is 5.92 Å². The first-order chi connectivity index (χ1) is 14.2. The summed E-state index contributed by atoms with van der Waals surface area (Å²) in [4.78, 5) is 25.8. The molecule has 1 saturated carbocycles. The highest BCUT2D eigenvalue weighted by Crippen LogP contribution is 2.28. The van der Waals surface area contributed by atoms with E-state index < -0.39 is 0 Å². The molecular weight excluding hydrogens is 366 g/mol. The molecule has 1 aliphatic carbocycles. The van der Waals surface area contributed by atoms with E-state index in [9.17, 15) is 4.79 Å². The van der Waals surface area contributed by atoms with Crippen molar-refractivity contribution in [2.75, 3.05) is 31.1 Å². The highest BCUT2D eigenvalue weighted by atomic mass is 16.2. The number of anilines is 1. The average molecular weight is 391 g/mol. The third kappa shape index (κ3) is 3.32. The van der Waals surface area contributed by atoms with Gasteiger partial charge in [-0.1, -0.05) is 35.8 Å². The topological polar surface area (TPSA) is 80.0 Å². The Balaban J connectivity index is 1.36. The predicted molar refractivity (Wildman–Crippen MR) is 110 cm³/mol. The number of hydrogen-bond donors (Lipinski definition) is 0. The first-order valence-corrected chi connectivity index (χ1v) is 10.4. The molecule has 1 aliphatic heterocycles. The fourth-order valence-corrected chi connectivity index (χ4v) is 4.40. The van der Waals surface area contributed by atoms with E-state index in [1.807, 2.05) is 29.2 Å². The van der Waals surface area contributed by atoms with Crippen LogP contribution < -0.4 is 4.90 Å². The van der Waals surface area contributed by atoms with Crippen molar-refractivity contribution in [3.63, 3.8) is 0 Å². The molecular formula is C21H25N7O. The molecule has 1 amide bonds. The number of carbonyl (C=O) groups excluding carboxylic acids is 1. The number of rotatable bonds is 3. The average Bonchev–Trinajstić information content (AvgIpc) is 3.44. The molecule has 150 valence electrons. The van der Waals surface area contributed by atoms with E-state index in [0.717, 1.165) is 50.5 Å². The molecule has 2 aliphatic rings. The van der Waals surface area contributed by atoms with Gasteiger partial charge in [-0.25, -0.2) is 9.97 Å². The molecule has 3 aromatic rings. The Kier molecular flexibility index (Phi) is 4.61. The third-order valence-electron chi connectivity index (χ3n) is 6.09. The molecule has 0 atom stereocenters. The Morgan fingerprint density at radius 2 is 1.72 bits per heavy atom. The second-order valence-corrected chi connectivity index (χ2v) is 8.00. The van der Waals surface area contributed by atoms with Crippen LogP contribution in [0.5, 0.6) is 0 Å². The molecule has 1 saturated heterocycles. The minimum absolute atomic E-state index is 0.238. The Labute approximate surface area is 169 Å². The lowest BCUT2D eigenvalue weighted by atomic mass is 10.1. The van der Waals surface area contributed by atoms with E-state index in [0.29, 0.717) is 17.1 Å². The summed E-state index contributed by atoms with van der Waals surface area (Å²) in [5.74, 6) is 1.36. The van der Waals surface area contributed by atoms with Crippen LogP contribution in [0.25, 0.3) is 16.9 Å². The molecule has 0 N–H and O–H groups in total. The predicted octanol–water partition coefficient (Wildman–Crippen LogP) is 2.36. The van der Waals surface area contributed by atoms with Gasteiger partial charge in [0, 0.05) is 32.1 Å². The lowest BCUT2D eigenvalue weighted by molar-refractivity contribution is -0.135. The van der Waals surface area contributed by atoms with Gasteiger partial charge in [0.15, 0.2) is 17.0 Å². The van der Waals surface area contributed by atoms with Gasteiger partial charge in [-0.3, -0.25) is 4.79 Å². The zero-order valence-electron chi connectivity index (χ0n) is 16.7. The minimum Gasteiger partial charge on any atom is -0.351 e. The van der Waals surface area contributed by atoms with Crippen molar-refractivity contribution in [2.45, 2.75) is 32.6 Å². The standard InChI is InChI=1S/C21H25N7O/c1-15-6-8-17(9-7-15)28-20-18(24-25-28)19(22-14-23-20)26-10-12-27(13-11-26)21(29)16-4-2-3-5-16/h6-9,14,16H,2-5,10-13H2,1H3. The summed E-state index contributed by atoms with van der Waals surface area (Å²) in [5, 5.41) is 8.69. The fraction of sp³-hybridized carbons (Fsp3) is 0.476. The molecule has 8 nitrogen and oxygen atoms in total. The number of benzene rings is 1. The number of aromatic nitrogens is 5. The number of piperazine rings is 1. The highest BCUT2D eigenvalue weighted by Gasteiger charge is 2.30. The van der Waals surface area contributed by atoms with Gasteiger partial charge in [-0.2, -0.15) is 4.68 Å². The number of amides is 1. The molecule has 0 bridgehead atoms. The SMILES string of the molecule is Cc1ccc(-n2nnc3c(N4CCN(C(=O)C5CCCC5)CC4)ncnc32)cc1. The molecule has 8 heteroatoms. The van der Waals surface area contributed by atoms with Gasteiger partial charge >= 0.3 is 0 Å². The molecule has 3 heterocycles. The van der Waals surface area contributed by atoms with Gasteiger partial charge in [0.25, 0.3) is 0 Å². The maximum atomic E-state index is 12.7. The van der Waals surface area contributed by atoms with Crippen molar-refractivity contribution >= 4 is 22.9 Å². The number of hydrogen-bond acceptors (Lipinski definition) is 6. The largest absolute Gasteiger partial charge is 0.351 e. The van der Waals surface area contributed by atoms with Crippen LogP contribution in [-0.2, 0) is 4.79 Å². The van der Waals surface area contributed by atoms with Gasteiger partial charge in [-0.05, 0) is 31.9 Å². The Morgan fingerprint density at radius 1 is 1.00 bits per heavy atom. The second-order valence-electron chi connectivity index (χ2n) is 8.00. The van der Waals surface area contributed by atoms with E-state index in [2.05, 4.69) is 32.1 Å². The van der Waals surface area contributed by atoms with E-state index in [1.165, 1.54) is 18.4 Å². The molecule has 0 spiro atoms. The van der Waals surface area contributed by atoms with Gasteiger partial charge in [0.05, 0.1) is 5.69 Å². The number of aryl methyl sites for hydroxylation is 1. The second kappa shape index (κ2) is 7.42. The van der Waals surface area contributed by atoms with Crippen molar-refractivity contribution in [1.29, 1.82) is 0 Å². The molecule has 0 radical (unpaired) electrons. The van der Waals surface area contributed by atoms with Crippen LogP contribution in [0.2, 0.25) is 0 Å². The Morgan fingerprint density at radius 3 is 2.45 bits per heavy atom. The quantitative estimate of drug-likeness (QED) is 0.682. The number of carbonyl (C=O) groups is 1. The lowest BCUT2D eigenvalue weighted by Gasteiger charge is -2.36. The first-order valence-electron chi connectivity index (χ1n) is 10.4. The lowest BCUT2D eigenvalue weighted by Crippen LogP contribution is -2.50. The van der Waals surface area contributed by atoms with Crippen LogP contribution in [0, 0.1) is 12.8 Å². The van der Waals surface area contributed by atoms with Crippen LogP contribution in [0.3, 0.4) is 0 Å². The fourth-order valence-electron chi connectivity index (χ4n) is 4.40. The van der Waals surface area contributed by atoms with Crippen LogP contribution >= 0.6 is 0 Å². The van der Waals surface area contributed by atoms with Gasteiger partial charge in [0.1, 0.15) is 6.33 Å². The summed E-state index contributed by atoms with van der Waals surface area (Å²) in [5.41, 5.74) is 3.51. The molecule has 29 heavy (non-hydrogen) atoms. The number of nitrogens with zero attached hydrogens (tertiary/aromatic N) is 7. The van der Waals surface area contributed by atoms with Crippen molar-refractivity contribution in [3.05, 3.63) is 36.2 Å². The minimum atomic E-state index is 0.238. The van der Waals surface area contributed by atoms with Crippen LogP contribution in [0.15, 0.2) is 30.6 Å². The van der Waals surface area contributed by atoms with E-state index in [-0.39, 0.29) is 5.92 Å². The highest BCUT2D eigenvalue weighted by molar-refractivity contribution is 5.84. The van der Waals surface area contributed by atoms with E-state index in [1.54, 1.807) is 11.0 Å². The summed E-state index contributed by atoms with van der Waals surface area (Å²) in [7, 11) is 0. The van der Waals surface area contributed by atoms with E-state index >= 15 is 0 Å². The summed E-state index contributed by atoms with van der Waals surface area (Å²) >= 11 is 0. The summed E-state index contributed by atoms with van der Waals surface area (Å²) in [6.07, 6.45) is 6.04. The summed E-state index contributed by atoms with van der Waals surface area (Å²) in [6, 6.07) is 8.12. The van der Waals surface area contributed by atoms with Gasteiger partial charge in [-0.15, -0.1) is 5.10 Å². The van der Waals surface area contributed by atoms with Gasteiger partial charge < -0.3 is 9.80 Å². The Bertz CT molecular complexity index is 1020. The molecule has 2 fully saturated rings. The Hall–Kier alpha value is -3.03. The van der Waals surface area contributed by atoms with Crippen molar-refractivity contribution in [3.8, 4) is 5.69 Å². The normalized spacial score (nSPS) is 18.0. The van der Waals surface area contributed by atoms with E-state index in [4.69, 9.17) is 0 Å². The molecule has 1 aromatic carbocycles. The summed E-state index contributed by atoms with van der Waals surface area (Å²) in [6.45, 7) is 5.02. The monoisotopic (exact) mass is 391 g/mol. The molecule has 5 rings (SSSR count). The van der Waals surface area contributed by atoms with Crippen LogP contribution in [0.4, 0.5) is 5.82 Å². The zero-order valence-corrected chi connectivity index (χ0v) is 16.7. The molecule has 2 aromatic heterocycles. The first kappa shape index (κ1) is 18.0.